The number of carbonyl (C=O) groups is 1. The van der Waals surface area contributed by atoms with Gasteiger partial charge < -0.3 is 16.2 Å². The molecule has 1 aromatic rings. The van der Waals surface area contributed by atoms with E-state index in [1.165, 1.54) is 7.11 Å². The molecule has 16 heavy (non-hydrogen) atoms. The molecule has 0 aromatic heterocycles. The van der Waals surface area contributed by atoms with Crippen LogP contribution in [0.2, 0.25) is 0 Å². The van der Waals surface area contributed by atoms with Gasteiger partial charge in [0.05, 0.1) is 12.7 Å². The minimum atomic E-state index is -0.363. The van der Waals surface area contributed by atoms with Crippen molar-refractivity contribution < 1.29 is 9.53 Å². The van der Waals surface area contributed by atoms with E-state index < -0.39 is 0 Å². The largest absolute Gasteiger partial charge is 0.465 e. The van der Waals surface area contributed by atoms with Crippen LogP contribution < -0.4 is 11.5 Å². The standard InChI is InChI=1S/C11H16N2O2.ClH/c1-15-11(14)9-5-3-2-4-8(9)10(13)6-7-12;/h2-5,10H,6-7,12-13H2,1H3;1H/t10-;/m0./s1. The molecule has 0 amide bonds. The van der Waals surface area contributed by atoms with Crippen LogP contribution >= 0.6 is 12.4 Å². The summed E-state index contributed by atoms with van der Waals surface area (Å²) in [5.41, 5.74) is 12.6. The third kappa shape index (κ3) is 3.48. The molecule has 0 fully saturated rings. The van der Waals surface area contributed by atoms with Crippen molar-refractivity contribution in [3.05, 3.63) is 35.4 Å². The van der Waals surface area contributed by atoms with Crippen molar-refractivity contribution in [1.82, 2.24) is 0 Å². The second kappa shape index (κ2) is 7.22. The van der Waals surface area contributed by atoms with Crippen LogP contribution in [-0.4, -0.2) is 19.6 Å². The molecule has 0 heterocycles. The van der Waals surface area contributed by atoms with E-state index in [4.69, 9.17) is 11.5 Å². The van der Waals surface area contributed by atoms with Crippen molar-refractivity contribution in [2.75, 3.05) is 13.7 Å². The zero-order chi connectivity index (χ0) is 11.3. The Morgan fingerprint density at radius 1 is 1.44 bits per heavy atom. The first kappa shape index (κ1) is 14.9. The predicted molar refractivity (Wildman–Crippen MR) is 65.6 cm³/mol. The van der Waals surface area contributed by atoms with E-state index in [0.717, 1.165) is 5.56 Å². The SMILES string of the molecule is COC(=O)c1ccccc1[C@@H](N)CCN.Cl. The summed E-state index contributed by atoms with van der Waals surface area (Å²) >= 11 is 0. The van der Waals surface area contributed by atoms with Crippen LogP contribution in [0.3, 0.4) is 0 Å². The number of rotatable bonds is 4. The van der Waals surface area contributed by atoms with E-state index in [2.05, 4.69) is 4.74 Å². The molecule has 1 aromatic carbocycles. The minimum absolute atomic E-state index is 0. The predicted octanol–water partition coefficient (Wildman–Crippen LogP) is 1.24. The second-order valence-electron chi connectivity index (χ2n) is 3.26. The van der Waals surface area contributed by atoms with Gasteiger partial charge in [-0.3, -0.25) is 0 Å². The molecule has 0 unspecified atom stereocenters. The van der Waals surface area contributed by atoms with Crippen molar-refractivity contribution in [2.24, 2.45) is 11.5 Å². The van der Waals surface area contributed by atoms with Gasteiger partial charge in [-0.1, -0.05) is 18.2 Å². The zero-order valence-electron chi connectivity index (χ0n) is 9.18. The molecule has 0 bridgehead atoms. The Kier molecular flexibility index (Phi) is 6.72. The van der Waals surface area contributed by atoms with E-state index in [0.29, 0.717) is 18.5 Å². The Hall–Kier alpha value is -1.10. The number of ether oxygens (including phenoxy) is 1. The lowest BCUT2D eigenvalue weighted by molar-refractivity contribution is 0.0599. The van der Waals surface area contributed by atoms with Crippen LogP contribution in [0.1, 0.15) is 28.4 Å². The maximum atomic E-state index is 11.4. The highest BCUT2D eigenvalue weighted by atomic mass is 35.5. The van der Waals surface area contributed by atoms with Gasteiger partial charge in [-0.15, -0.1) is 12.4 Å². The fourth-order valence-corrected chi connectivity index (χ4v) is 1.45. The Morgan fingerprint density at radius 2 is 2.06 bits per heavy atom. The molecule has 0 spiro atoms. The average molecular weight is 245 g/mol. The summed E-state index contributed by atoms with van der Waals surface area (Å²) in [5.74, 6) is -0.363. The maximum Gasteiger partial charge on any atom is 0.338 e. The smallest absolute Gasteiger partial charge is 0.338 e. The number of hydrogen-bond acceptors (Lipinski definition) is 4. The first-order chi connectivity index (χ1) is 7.20. The van der Waals surface area contributed by atoms with E-state index in [-0.39, 0.29) is 24.4 Å². The van der Waals surface area contributed by atoms with Gasteiger partial charge in [-0.2, -0.15) is 0 Å². The minimum Gasteiger partial charge on any atom is -0.465 e. The van der Waals surface area contributed by atoms with Gasteiger partial charge in [-0.25, -0.2) is 4.79 Å². The van der Waals surface area contributed by atoms with Crippen molar-refractivity contribution >= 4 is 18.4 Å². The Labute approximate surface area is 101 Å². The quantitative estimate of drug-likeness (QED) is 0.782. The van der Waals surface area contributed by atoms with Gasteiger partial charge in [0.25, 0.3) is 0 Å². The molecule has 1 rings (SSSR count). The number of carbonyl (C=O) groups excluding carboxylic acids is 1. The molecule has 0 aliphatic rings. The molecular weight excluding hydrogens is 228 g/mol. The fourth-order valence-electron chi connectivity index (χ4n) is 1.45. The number of halogens is 1. The summed E-state index contributed by atoms with van der Waals surface area (Å²) in [6, 6.07) is 6.94. The summed E-state index contributed by atoms with van der Waals surface area (Å²) in [6.45, 7) is 0.497. The molecule has 0 radical (unpaired) electrons. The summed E-state index contributed by atoms with van der Waals surface area (Å²) < 4.78 is 4.68. The second-order valence-corrected chi connectivity index (χ2v) is 3.26. The van der Waals surface area contributed by atoms with Gasteiger partial charge in [0, 0.05) is 6.04 Å². The van der Waals surface area contributed by atoms with Gasteiger partial charge in [0.1, 0.15) is 0 Å². The van der Waals surface area contributed by atoms with E-state index in [1.54, 1.807) is 12.1 Å². The number of nitrogens with two attached hydrogens (primary N) is 2. The highest BCUT2D eigenvalue weighted by Gasteiger charge is 2.15. The van der Waals surface area contributed by atoms with E-state index >= 15 is 0 Å². The molecule has 4 N–H and O–H groups in total. The Balaban J connectivity index is 0.00000225. The van der Waals surface area contributed by atoms with Gasteiger partial charge >= 0.3 is 5.97 Å². The number of benzene rings is 1. The topological polar surface area (TPSA) is 78.3 Å². The highest BCUT2D eigenvalue weighted by Crippen LogP contribution is 2.18. The molecule has 0 saturated carbocycles. The lowest BCUT2D eigenvalue weighted by atomic mass is 9.99. The van der Waals surface area contributed by atoms with Crippen LogP contribution in [0.25, 0.3) is 0 Å². The fraction of sp³-hybridized carbons (Fsp3) is 0.364. The average Bonchev–Trinajstić information content (AvgIpc) is 2.28. The Morgan fingerprint density at radius 3 is 2.62 bits per heavy atom. The molecule has 0 saturated heterocycles. The first-order valence-electron chi connectivity index (χ1n) is 4.83. The lowest BCUT2D eigenvalue weighted by Crippen LogP contribution is -2.18. The van der Waals surface area contributed by atoms with Crippen molar-refractivity contribution in [2.45, 2.75) is 12.5 Å². The third-order valence-corrected chi connectivity index (χ3v) is 2.24. The van der Waals surface area contributed by atoms with Crippen molar-refractivity contribution in [1.29, 1.82) is 0 Å². The van der Waals surface area contributed by atoms with E-state index in [9.17, 15) is 4.79 Å². The molecule has 90 valence electrons. The molecule has 0 aliphatic heterocycles. The van der Waals surface area contributed by atoms with Crippen LogP contribution in [0.4, 0.5) is 0 Å². The Bertz CT molecular complexity index is 345. The van der Waals surface area contributed by atoms with Crippen LogP contribution in [0, 0.1) is 0 Å². The number of hydrogen-bond donors (Lipinski definition) is 2. The van der Waals surface area contributed by atoms with Gasteiger partial charge in [0.15, 0.2) is 0 Å². The summed E-state index contributed by atoms with van der Waals surface area (Å²) in [5, 5.41) is 0. The van der Waals surface area contributed by atoms with Gasteiger partial charge in [-0.05, 0) is 24.6 Å². The lowest BCUT2D eigenvalue weighted by Gasteiger charge is -2.14. The van der Waals surface area contributed by atoms with Crippen molar-refractivity contribution in [3.8, 4) is 0 Å². The third-order valence-electron chi connectivity index (χ3n) is 2.24. The summed E-state index contributed by atoms with van der Waals surface area (Å²) in [7, 11) is 1.35. The maximum absolute atomic E-state index is 11.4. The van der Waals surface area contributed by atoms with E-state index in [1.807, 2.05) is 12.1 Å². The van der Waals surface area contributed by atoms with Crippen LogP contribution in [-0.2, 0) is 4.74 Å². The summed E-state index contributed by atoms with van der Waals surface area (Å²) in [4.78, 5) is 11.4. The monoisotopic (exact) mass is 244 g/mol. The normalized spacial score (nSPS) is 11.4. The van der Waals surface area contributed by atoms with Gasteiger partial charge in [0.2, 0.25) is 0 Å². The number of esters is 1. The molecule has 4 nitrogen and oxygen atoms in total. The first-order valence-corrected chi connectivity index (χ1v) is 4.83. The molecule has 5 heteroatoms. The molecule has 1 atom stereocenters. The number of methoxy groups -OCH3 is 1. The molecule has 0 aliphatic carbocycles. The van der Waals surface area contributed by atoms with Crippen molar-refractivity contribution in [3.63, 3.8) is 0 Å². The van der Waals surface area contributed by atoms with Crippen LogP contribution in [0.15, 0.2) is 24.3 Å². The molecular formula is C11H17ClN2O2. The zero-order valence-corrected chi connectivity index (χ0v) is 10.00. The summed E-state index contributed by atoms with van der Waals surface area (Å²) in [6.07, 6.45) is 0.647. The highest BCUT2D eigenvalue weighted by molar-refractivity contribution is 5.91. The van der Waals surface area contributed by atoms with Crippen LogP contribution in [0.5, 0.6) is 0 Å².